The van der Waals surface area contributed by atoms with Crippen LogP contribution in [-0.4, -0.2) is 144 Å². The van der Waals surface area contributed by atoms with Crippen LogP contribution in [0.2, 0.25) is 0 Å². The highest BCUT2D eigenvalue weighted by atomic mass is 32.2. The molecule has 0 unspecified atom stereocenters. The number of anilines is 1. The van der Waals surface area contributed by atoms with Gasteiger partial charge in [0.1, 0.15) is 60.6 Å². The Labute approximate surface area is 512 Å². The number of carbonyl (C=O) groups excluding carboxylic acids is 1. The molecular formula is C58H49N8O14S6+. The summed E-state index contributed by atoms with van der Waals surface area (Å²) in [7, 11) is 3.51. The summed E-state index contributed by atoms with van der Waals surface area (Å²) in [5.41, 5.74) is 6.23. The Morgan fingerprint density at radius 2 is 1.29 bits per heavy atom. The van der Waals surface area contributed by atoms with E-state index < -0.39 is 58.4 Å². The zero-order chi connectivity index (χ0) is 61.1. The number of thiazole rings is 2. The average molecular weight is 1270 g/mol. The molecule has 86 heavy (non-hydrogen) atoms. The third-order valence-corrected chi connectivity index (χ3v) is 20.0. The SMILES string of the molecule is CC1(C)SC(c2nc3ccc(O)cc3s2)=N[C@H]1C(=O)O.COc1ccc2c(c1)CC(C1=N[C@@H](C(=O)O)CS1)=C2.C[n+]1cccc(C(=O)Nc2ccc3nc(C4=N[C@@H](C(=O)O)CS4)sc3c2)c1.O=C(O)[C@H]1CSC(c2cc3ccc(O)cc3oc2=O)=N1. The highest BCUT2D eigenvalue weighted by molar-refractivity contribution is 8.16. The first kappa shape index (κ1) is 60.7. The minimum atomic E-state index is -1.01. The van der Waals surface area contributed by atoms with E-state index in [-0.39, 0.29) is 28.6 Å². The molecule has 440 valence electrons. The summed E-state index contributed by atoms with van der Waals surface area (Å²) in [6.45, 7) is 3.73. The summed E-state index contributed by atoms with van der Waals surface area (Å²) >= 11 is 8.43. The van der Waals surface area contributed by atoms with E-state index in [0.29, 0.717) is 59.0 Å². The molecule has 4 atom stereocenters. The number of phenolic OH excluding ortho intramolecular Hbond substituents is 2. The first-order chi connectivity index (χ1) is 41.1. The number of methoxy groups -OCH3 is 1. The monoisotopic (exact) mass is 1270 g/mol. The largest absolute Gasteiger partial charge is 0.508 e. The number of aromatic hydroxyl groups is 2. The number of hydrogen-bond donors (Lipinski definition) is 7. The number of aliphatic imine (C=N–C) groups is 4. The van der Waals surface area contributed by atoms with Crippen LogP contribution in [0.3, 0.4) is 0 Å². The van der Waals surface area contributed by atoms with Crippen LogP contribution in [0.25, 0.3) is 37.5 Å². The average Bonchev–Trinajstić information content (AvgIpc) is 1.96. The summed E-state index contributed by atoms with van der Waals surface area (Å²) in [6.07, 6.45) is 6.50. The molecule has 0 saturated heterocycles. The van der Waals surface area contributed by atoms with Gasteiger partial charge in [0.15, 0.2) is 36.6 Å². The van der Waals surface area contributed by atoms with Crippen LogP contribution in [0.5, 0.6) is 17.2 Å². The molecular weight excluding hydrogens is 1230 g/mol. The van der Waals surface area contributed by atoms with E-state index in [2.05, 4.69) is 41.3 Å². The standard InChI is InChI=1S/C18H14N4O3S2.C14H13NO3S.C13H12N2O3S2.C13H9NO5S/c1-22-6-2-3-10(8-22)15(23)19-11-4-5-12-14(7-11)27-17(20-12)16-21-13(9-26-16)18(24)25;1-18-11-3-2-8-4-10(5-9(8)6-11)13-15-12(7-19-13)14(16)17;1-13(2)9(12(17)18)15-11(20-13)10-14-7-4-3-6(16)5-8(7)19-10;15-7-2-1-6-3-8(13(18)19-10(6)4-7)11-14-9(5-20-11)12(16)17/h2-8,13H,9H2,1H3,(H-,19,21,23,24,25);2-4,6,12H,5,7H2,1H3,(H,16,17);3-5,9,16H,1-2H3,(H,17,18);1-4,9,15H,5H2,(H,16,17)/p+1/t13-;12-;2*9-/m1101/s1. The fraction of sp³-hybridized carbons (Fsp3) is 0.224. The molecule has 28 heteroatoms. The number of hydrogen-bond acceptors (Lipinski definition) is 22. The van der Waals surface area contributed by atoms with Crippen LogP contribution in [0.1, 0.15) is 50.9 Å². The Morgan fingerprint density at radius 1 is 0.686 bits per heavy atom. The number of pyridine rings is 1. The number of carbonyl (C=O) groups is 5. The minimum Gasteiger partial charge on any atom is -0.508 e. The van der Waals surface area contributed by atoms with Crippen LogP contribution in [0, 0.1) is 0 Å². The molecule has 13 rings (SSSR count). The van der Waals surface area contributed by atoms with Crippen molar-refractivity contribution in [3.8, 4) is 17.2 Å². The second kappa shape index (κ2) is 25.7. The van der Waals surface area contributed by atoms with Crippen molar-refractivity contribution in [2.24, 2.45) is 27.0 Å². The summed E-state index contributed by atoms with van der Waals surface area (Å²) in [5.74, 6) is -1.58. The van der Waals surface area contributed by atoms with Gasteiger partial charge >= 0.3 is 29.5 Å². The third-order valence-electron chi connectivity index (χ3n) is 13.2. The van der Waals surface area contributed by atoms with E-state index in [1.165, 1.54) is 87.4 Å². The maximum atomic E-state index is 12.4. The second-order valence-electron chi connectivity index (χ2n) is 19.8. The molecule has 1 aliphatic carbocycles. The molecule has 4 aliphatic heterocycles. The van der Waals surface area contributed by atoms with Crippen LogP contribution >= 0.6 is 69.7 Å². The zero-order valence-corrected chi connectivity index (χ0v) is 50.5. The maximum Gasteiger partial charge on any atom is 0.346 e. The van der Waals surface area contributed by atoms with Crippen LogP contribution in [0.15, 0.2) is 138 Å². The maximum absolute atomic E-state index is 12.4. The fourth-order valence-electron chi connectivity index (χ4n) is 8.85. The lowest BCUT2D eigenvalue weighted by Gasteiger charge is -2.19. The van der Waals surface area contributed by atoms with Crippen molar-refractivity contribution in [1.29, 1.82) is 0 Å². The third kappa shape index (κ3) is 14.0. The second-order valence-corrected chi connectivity index (χ2v) is 26.6. The number of fused-ring (bicyclic) bond motifs is 4. The van der Waals surface area contributed by atoms with E-state index in [4.69, 9.17) is 24.5 Å². The molecule has 8 heterocycles. The fourth-order valence-corrected chi connectivity index (χ4v) is 15.2. The predicted octanol–water partition coefficient (Wildman–Crippen LogP) is 8.73. The minimum absolute atomic E-state index is 0.00641. The van der Waals surface area contributed by atoms with Crippen molar-refractivity contribution in [3.05, 3.63) is 152 Å². The van der Waals surface area contributed by atoms with Gasteiger partial charge in [0.25, 0.3) is 5.91 Å². The smallest absolute Gasteiger partial charge is 0.346 e. The van der Waals surface area contributed by atoms with Crippen molar-refractivity contribution in [2.75, 3.05) is 29.7 Å². The number of carboxylic acid groups (broad SMARTS) is 4. The lowest BCUT2D eigenvalue weighted by molar-refractivity contribution is -0.671. The van der Waals surface area contributed by atoms with Gasteiger partial charge in [0.05, 0.1) is 38.2 Å². The van der Waals surface area contributed by atoms with E-state index in [1.54, 1.807) is 55.8 Å². The Balaban J connectivity index is 0.000000129. The normalized spacial score (nSPS) is 18.9. The highest BCUT2D eigenvalue weighted by Gasteiger charge is 2.43. The van der Waals surface area contributed by atoms with Gasteiger partial charge in [0.2, 0.25) is 0 Å². The molecule has 22 nitrogen and oxygen atoms in total. The molecule has 0 radical (unpaired) electrons. The number of thioether (sulfide) groups is 4. The number of rotatable bonds is 11. The number of aromatic nitrogens is 3. The highest BCUT2D eigenvalue weighted by Crippen LogP contribution is 2.42. The van der Waals surface area contributed by atoms with Gasteiger partial charge in [-0.25, -0.2) is 38.5 Å². The number of nitrogens with one attached hydrogen (secondary N) is 1. The molecule has 4 aromatic carbocycles. The molecule has 8 aromatic rings. The Morgan fingerprint density at radius 3 is 1.93 bits per heavy atom. The Kier molecular flexibility index (Phi) is 18.1. The van der Waals surface area contributed by atoms with Crippen LogP contribution < -0.4 is 20.2 Å². The summed E-state index contributed by atoms with van der Waals surface area (Å²) in [4.78, 5) is 94.2. The van der Waals surface area contributed by atoms with Gasteiger partial charge in [0, 0.05) is 51.6 Å². The van der Waals surface area contributed by atoms with Gasteiger partial charge in [-0.1, -0.05) is 17.8 Å². The molecule has 0 fully saturated rings. The Hall–Kier alpha value is -8.41. The number of aryl methyl sites for hydroxylation is 1. The van der Waals surface area contributed by atoms with E-state index in [0.717, 1.165) is 48.8 Å². The molecule has 0 saturated carbocycles. The number of phenols is 2. The van der Waals surface area contributed by atoms with Gasteiger partial charge in [-0.3, -0.25) is 24.8 Å². The lowest BCUT2D eigenvalue weighted by atomic mass is 10.0. The molecule has 0 spiro atoms. The van der Waals surface area contributed by atoms with Crippen LogP contribution in [-0.2, 0) is 32.6 Å². The number of aliphatic carboxylic acids is 4. The summed E-state index contributed by atoms with van der Waals surface area (Å²) in [6, 6.07) is 23.2. The summed E-state index contributed by atoms with van der Waals surface area (Å²) in [5, 5.41) is 62.5. The Bertz CT molecular complexity index is 4310. The topological polar surface area (TPSA) is 337 Å². The number of ether oxygens (including phenoxy) is 1. The summed E-state index contributed by atoms with van der Waals surface area (Å²) < 4.78 is 13.4. The van der Waals surface area contributed by atoms with Crippen molar-refractivity contribution in [3.63, 3.8) is 0 Å². The van der Waals surface area contributed by atoms with Crippen molar-refractivity contribution in [1.82, 2.24) is 9.97 Å². The van der Waals surface area contributed by atoms with Gasteiger partial charge < -0.3 is 45.1 Å². The molecule has 4 aromatic heterocycles. The van der Waals surface area contributed by atoms with E-state index in [9.17, 15) is 44.1 Å². The molecule has 5 aliphatic rings. The van der Waals surface area contributed by atoms with Crippen LogP contribution in [0.4, 0.5) is 5.69 Å². The van der Waals surface area contributed by atoms with E-state index >= 15 is 0 Å². The van der Waals surface area contributed by atoms with Gasteiger partial charge in [-0.05, 0) is 109 Å². The molecule has 0 bridgehead atoms. The quantitative estimate of drug-likeness (QED) is 0.0470. The van der Waals surface area contributed by atoms with Crippen molar-refractivity contribution < 1.29 is 68.3 Å². The first-order valence-electron chi connectivity index (χ1n) is 25.8. The van der Waals surface area contributed by atoms with E-state index in [1.807, 2.05) is 68.1 Å². The molecule has 1 amide bonds. The van der Waals surface area contributed by atoms with Crippen molar-refractivity contribution >= 4 is 163 Å². The van der Waals surface area contributed by atoms with Gasteiger partial charge in [-0.2, -0.15) is 0 Å². The number of amides is 1. The predicted molar refractivity (Wildman–Crippen MR) is 337 cm³/mol. The first-order valence-corrected chi connectivity index (χ1v) is 31.2. The zero-order valence-electron chi connectivity index (χ0n) is 45.6. The number of carboxylic acids is 4. The van der Waals surface area contributed by atoms with Gasteiger partial charge in [-0.15, -0.1) is 58.0 Å². The van der Waals surface area contributed by atoms with Crippen molar-refractivity contribution in [2.45, 2.75) is 49.2 Å². The molecule has 7 N–H and O–H groups in total. The number of benzene rings is 4. The number of nitrogens with zero attached hydrogens (tertiary/aromatic N) is 7. The lowest BCUT2D eigenvalue weighted by Crippen LogP contribution is -2.34.